The van der Waals surface area contributed by atoms with Crippen molar-refractivity contribution in [2.24, 2.45) is 11.8 Å². The van der Waals surface area contributed by atoms with Crippen LogP contribution in [-0.2, 0) is 0 Å². The smallest absolute Gasteiger partial charge is 0.251 e. The van der Waals surface area contributed by atoms with Crippen LogP contribution in [0.25, 0.3) is 5.52 Å². The monoisotopic (exact) mass is 289 g/mol. The predicted molar refractivity (Wildman–Crippen MR) is 82.2 cm³/mol. The van der Waals surface area contributed by atoms with E-state index in [4.69, 9.17) is 5.11 Å². The van der Waals surface area contributed by atoms with E-state index in [2.05, 4.69) is 24.1 Å². The number of carbonyl (C=O) groups excluding carboxylic acids is 1. The number of aliphatic hydroxyl groups is 1. The number of hydrogen-bond acceptors (Lipinski definition) is 3. The van der Waals surface area contributed by atoms with Gasteiger partial charge in [0.2, 0.25) is 0 Å². The summed E-state index contributed by atoms with van der Waals surface area (Å²) in [6, 6.07) is 3.61. The van der Waals surface area contributed by atoms with E-state index in [1.54, 1.807) is 18.6 Å². The predicted octanol–water partition coefficient (Wildman–Crippen LogP) is 2.11. The van der Waals surface area contributed by atoms with Crippen LogP contribution in [0.5, 0.6) is 0 Å². The maximum atomic E-state index is 12.2. The average molecular weight is 289 g/mol. The zero-order valence-electron chi connectivity index (χ0n) is 12.6. The summed E-state index contributed by atoms with van der Waals surface area (Å²) in [5, 5.41) is 12.1. The molecule has 0 aliphatic carbocycles. The summed E-state index contributed by atoms with van der Waals surface area (Å²) in [6.07, 6.45) is 6.99. The van der Waals surface area contributed by atoms with E-state index in [9.17, 15) is 4.79 Å². The van der Waals surface area contributed by atoms with Gasteiger partial charge in [0.25, 0.3) is 5.91 Å². The van der Waals surface area contributed by atoms with Gasteiger partial charge in [0, 0.05) is 24.9 Å². The molecule has 0 aromatic carbocycles. The fraction of sp³-hybridized carbons (Fsp3) is 0.500. The Kier molecular flexibility index (Phi) is 5.33. The minimum atomic E-state index is -0.0783. The summed E-state index contributed by atoms with van der Waals surface area (Å²) >= 11 is 0. The lowest BCUT2D eigenvalue weighted by molar-refractivity contribution is 0.0941. The molecule has 5 heteroatoms. The van der Waals surface area contributed by atoms with E-state index in [0.29, 0.717) is 23.9 Å². The van der Waals surface area contributed by atoms with Crippen molar-refractivity contribution in [3.63, 3.8) is 0 Å². The lowest BCUT2D eigenvalue weighted by Gasteiger charge is -2.18. The molecule has 1 atom stereocenters. The molecule has 0 saturated carbocycles. The summed E-state index contributed by atoms with van der Waals surface area (Å²) in [7, 11) is 0. The molecule has 2 aromatic rings. The first-order valence-electron chi connectivity index (χ1n) is 7.41. The van der Waals surface area contributed by atoms with Crippen LogP contribution in [0, 0.1) is 11.8 Å². The molecule has 2 rings (SSSR count). The van der Waals surface area contributed by atoms with Crippen molar-refractivity contribution in [1.82, 2.24) is 14.7 Å². The lowest BCUT2D eigenvalue weighted by Crippen LogP contribution is -2.30. The number of carbonyl (C=O) groups is 1. The molecule has 0 spiro atoms. The molecule has 1 amide bonds. The van der Waals surface area contributed by atoms with Crippen LogP contribution in [0.15, 0.2) is 30.9 Å². The highest BCUT2D eigenvalue weighted by Gasteiger charge is 2.13. The molecule has 5 nitrogen and oxygen atoms in total. The molecule has 0 fully saturated rings. The number of hydrogen-bond donors (Lipinski definition) is 2. The van der Waals surface area contributed by atoms with Gasteiger partial charge >= 0.3 is 0 Å². The number of imidazole rings is 1. The highest BCUT2D eigenvalue weighted by molar-refractivity contribution is 5.95. The van der Waals surface area contributed by atoms with E-state index in [0.717, 1.165) is 18.4 Å². The summed E-state index contributed by atoms with van der Waals surface area (Å²) in [6.45, 7) is 5.07. The van der Waals surface area contributed by atoms with Crippen molar-refractivity contribution in [1.29, 1.82) is 0 Å². The third-order valence-electron chi connectivity index (χ3n) is 3.57. The molecule has 0 aliphatic rings. The number of aromatic nitrogens is 2. The number of pyridine rings is 1. The highest BCUT2D eigenvalue weighted by Crippen LogP contribution is 2.14. The van der Waals surface area contributed by atoms with E-state index >= 15 is 0 Å². The second-order valence-corrected chi connectivity index (χ2v) is 5.86. The summed E-state index contributed by atoms with van der Waals surface area (Å²) in [5.41, 5.74) is 1.53. The Morgan fingerprint density at radius 2 is 2.29 bits per heavy atom. The number of nitrogens with one attached hydrogen (secondary N) is 1. The number of aliphatic hydroxyl groups excluding tert-OH is 1. The number of nitrogens with zero attached hydrogens (tertiary/aromatic N) is 2. The standard InChI is InChI=1S/C16H23N3O2/c1-12(2)7-13(4-6-20)9-18-16(21)14-3-5-19-11-17-10-15(19)8-14/h3,5,8,10-13,20H,4,6-7,9H2,1-2H3,(H,18,21). The summed E-state index contributed by atoms with van der Waals surface area (Å²) in [5.74, 6) is 0.796. The van der Waals surface area contributed by atoms with E-state index in [1.165, 1.54) is 0 Å². The minimum absolute atomic E-state index is 0.0783. The molecule has 2 N–H and O–H groups in total. The zero-order valence-corrected chi connectivity index (χ0v) is 12.6. The molecule has 1 unspecified atom stereocenters. The van der Waals surface area contributed by atoms with Gasteiger partial charge in [0.05, 0.1) is 18.0 Å². The maximum absolute atomic E-state index is 12.2. The Balaban J connectivity index is 1.96. The average Bonchev–Trinajstić information content (AvgIpc) is 2.91. The largest absolute Gasteiger partial charge is 0.396 e. The van der Waals surface area contributed by atoms with E-state index < -0.39 is 0 Å². The quantitative estimate of drug-likeness (QED) is 0.820. The van der Waals surface area contributed by atoms with Crippen molar-refractivity contribution >= 4 is 11.4 Å². The third kappa shape index (κ3) is 4.29. The fourth-order valence-electron chi connectivity index (χ4n) is 2.55. The van der Waals surface area contributed by atoms with Crippen LogP contribution in [0.3, 0.4) is 0 Å². The SMILES string of the molecule is CC(C)CC(CCO)CNC(=O)c1ccn2cncc2c1. The second-order valence-electron chi connectivity index (χ2n) is 5.86. The van der Waals surface area contributed by atoms with Crippen molar-refractivity contribution in [3.05, 3.63) is 36.4 Å². The zero-order chi connectivity index (χ0) is 15.2. The van der Waals surface area contributed by atoms with Gasteiger partial charge in [-0.2, -0.15) is 0 Å². The van der Waals surface area contributed by atoms with Crippen LogP contribution < -0.4 is 5.32 Å². The molecule has 0 bridgehead atoms. The van der Waals surface area contributed by atoms with Gasteiger partial charge in [-0.15, -0.1) is 0 Å². The first-order chi connectivity index (χ1) is 10.1. The van der Waals surface area contributed by atoms with Gasteiger partial charge in [-0.25, -0.2) is 4.98 Å². The van der Waals surface area contributed by atoms with Crippen molar-refractivity contribution < 1.29 is 9.90 Å². The molecule has 114 valence electrons. The van der Waals surface area contributed by atoms with Gasteiger partial charge in [0.15, 0.2) is 0 Å². The van der Waals surface area contributed by atoms with Gasteiger partial charge in [0.1, 0.15) is 0 Å². The Morgan fingerprint density at radius 3 is 3.00 bits per heavy atom. The summed E-state index contributed by atoms with van der Waals surface area (Å²) in [4.78, 5) is 16.2. The molecule has 0 radical (unpaired) electrons. The first-order valence-corrected chi connectivity index (χ1v) is 7.41. The minimum Gasteiger partial charge on any atom is -0.396 e. The van der Waals surface area contributed by atoms with Gasteiger partial charge in [-0.3, -0.25) is 4.79 Å². The Hall–Kier alpha value is -1.88. The fourth-order valence-corrected chi connectivity index (χ4v) is 2.55. The van der Waals surface area contributed by atoms with Crippen molar-refractivity contribution in [2.75, 3.05) is 13.2 Å². The number of rotatable bonds is 7. The van der Waals surface area contributed by atoms with E-state index in [-0.39, 0.29) is 12.5 Å². The number of amides is 1. The van der Waals surface area contributed by atoms with Crippen LogP contribution in [0.2, 0.25) is 0 Å². The lowest BCUT2D eigenvalue weighted by atomic mass is 9.94. The van der Waals surface area contributed by atoms with Gasteiger partial charge < -0.3 is 14.8 Å². The highest BCUT2D eigenvalue weighted by atomic mass is 16.3. The third-order valence-corrected chi connectivity index (χ3v) is 3.57. The Morgan fingerprint density at radius 1 is 1.48 bits per heavy atom. The molecule has 0 saturated heterocycles. The normalized spacial score (nSPS) is 12.8. The van der Waals surface area contributed by atoms with Crippen LogP contribution in [0.1, 0.15) is 37.0 Å². The molecular weight excluding hydrogens is 266 g/mol. The van der Waals surface area contributed by atoms with Crippen molar-refractivity contribution in [2.45, 2.75) is 26.7 Å². The van der Waals surface area contributed by atoms with Gasteiger partial charge in [-0.1, -0.05) is 13.8 Å². The van der Waals surface area contributed by atoms with Crippen LogP contribution in [-0.4, -0.2) is 33.6 Å². The summed E-state index contributed by atoms with van der Waals surface area (Å²) < 4.78 is 1.87. The Labute approximate surface area is 125 Å². The maximum Gasteiger partial charge on any atom is 0.251 e. The Bertz CT molecular complexity index is 592. The second kappa shape index (κ2) is 7.22. The van der Waals surface area contributed by atoms with Crippen LogP contribution in [0.4, 0.5) is 0 Å². The topological polar surface area (TPSA) is 66.6 Å². The molecular formula is C16H23N3O2. The van der Waals surface area contributed by atoms with Crippen LogP contribution >= 0.6 is 0 Å². The van der Waals surface area contributed by atoms with Crippen molar-refractivity contribution in [3.8, 4) is 0 Å². The first kappa shape index (κ1) is 15.5. The molecule has 0 aliphatic heterocycles. The molecule has 2 heterocycles. The number of fused-ring (bicyclic) bond motifs is 1. The van der Waals surface area contributed by atoms with E-state index in [1.807, 2.05) is 16.7 Å². The molecule has 21 heavy (non-hydrogen) atoms. The van der Waals surface area contributed by atoms with Gasteiger partial charge in [-0.05, 0) is 36.8 Å². The molecule has 2 aromatic heterocycles.